The highest BCUT2D eigenvalue weighted by Gasteiger charge is 2.38. The van der Waals surface area contributed by atoms with E-state index in [1.165, 1.54) is 7.05 Å². The van der Waals surface area contributed by atoms with Gasteiger partial charge in [0.15, 0.2) is 0 Å². The Morgan fingerprint density at radius 3 is 2.21 bits per heavy atom. The van der Waals surface area contributed by atoms with Gasteiger partial charge in [-0.3, -0.25) is 4.99 Å². The lowest BCUT2D eigenvalue weighted by molar-refractivity contribution is -0.0927. The Hall–Kier alpha value is -0.710. The second kappa shape index (κ2) is 3.81. The average molecular weight is 227 g/mol. The third-order valence-electron chi connectivity index (χ3n) is 1.97. The maximum absolute atomic E-state index is 12.2. The zero-order valence-electron chi connectivity index (χ0n) is 7.53. The lowest BCUT2D eigenvalue weighted by atomic mass is 10.2. The van der Waals surface area contributed by atoms with Crippen LogP contribution in [-0.4, -0.2) is 18.9 Å². The molecule has 1 aliphatic carbocycles. The standard InChI is InChI=1S/C8H10ClF3N2/c1-14-6(4-2-3-4)5(9)7(13)8(10,11)12/h4H,2-3,13H2,1H3. The normalized spacial score (nSPS) is 20.8. The van der Waals surface area contributed by atoms with E-state index < -0.39 is 16.9 Å². The van der Waals surface area contributed by atoms with E-state index in [0.29, 0.717) is 0 Å². The van der Waals surface area contributed by atoms with Crippen molar-refractivity contribution in [2.24, 2.45) is 16.6 Å². The summed E-state index contributed by atoms with van der Waals surface area (Å²) < 4.78 is 36.5. The Balaban J connectivity index is 2.95. The highest BCUT2D eigenvalue weighted by molar-refractivity contribution is 6.44. The third kappa shape index (κ3) is 2.41. The van der Waals surface area contributed by atoms with Gasteiger partial charge < -0.3 is 5.73 Å². The molecule has 14 heavy (non-hydrogen) atoms. The van der Waals surface area contributed by atoms with E-state index >= 15 is 0 Å². The van der Waals surface area contributed by atoms with Crippen LogP contribution in [0.1, 0.15) is 12.8 Å². The van der Waals surface area contributed by atoms with Crippen LogP contribution in [-0.2, 0) is 0 Å². The minimum atomic E-state index is -4.58. The van der Waals surface area contributed by atoms with Crippen LogP contribution in [0.25, 0.3) is 0 Å². The number of nitrogens with zero attached hydrogens (tertiary/aromatic N) is 1. The first kappa shape index (κ1) is 11.4. The Morgan fingerprint density at radius 2 is 1.93 bits per heavy atom. The van der Waals surface area contributed by atoms with Crippen molar-refractivity contribution in [3.8, 4) is 0 Å². The van der Waals surface area contributed by atoms with Crippen LogP contribution in [0.3, 0.4) is 0 Å². The van der Waals surface area contributed by atoms with E-state index in [2.05, 4.69) is 4.99 Å². The van der Waals surface area contributed by atoms with Crippen molar-refractivity contribution in [2.75, 3.05) is 7.05 Å². The van der Waals surface area contributed by atoms with Crippen LogP contribution >= 0.6 is 11.6 Å². The van der Waals surface area contributed by atoms with E-state index in [9.17, 15) is 13.2 Å². The van der Waals surface area contributed by atoms with Crippen LogP contribution in [0.15, 0.2) is 15.7 Å². The van der Waals surface area contributed by atoms with E-state index in [0.717, 1.165) is 12.8 Å². The Morgan fingerprint density at radius 1 is 1.43 bits per heavy atom. The predicted molar refractivity (Wildman–Crippen MR) is 49.2 cm³/mol. The van der Waals surface area contributed by atoms with Gasteiger partial charge in [0.2, 0.25) is 0 Å². The minimum absolute atomic E-state index is 0.0494. The Kier molecular flexibility index (Phi) is 3.09. The highest BCUT2D eigenvalue weighted by Crippen LogP contribution is 2.36. The number of nitrogens with two attached hydrogens (primary N) is 1. The quantitative estimate of drug-likeness (QED) is 0.722. The molecule has 80 valence electrons. The van der Waals surface area contributed by atoms with Crippen LogP contribution in [0.5, 0.6) is 0 Å². The molecule has 0 saturated heterocycles. The van der Waals surface area contributed by atoms with Crippen molar-refractivity contribution in [2.45, 2.75) is 19.0 Å². The zero-order chi connectivity index (χ0) is 10.9. The monoisotopic (exact) mass is 226 g/mol. The molecule has 0 atom stereocenters. The summed E-state index contributed by atoms with van der Waals surface area (Å²) in [7, 11) is 1.42. The predicted octanol–water partition coefficient (Wildman–Crippen LogP) is 2.44. The molecule has 1 saturated carbocycles. The molecular weight excluding hydrogens is 217 g/mol. The van der Waals surface area contributed by atoms with Gasteiger partial charge in [0.05, 0.1) is 10.7 Å². The van der Waals surface area contributed by atoms with E-state index in [-0.39, 0.29) is 11.6 Å². The van der Waals surface area contributed by atoms with Gasteiger partial charge in [0.1, 0.15) is 5.70 Å². The van der Waals surface area contributed by atoms with Gasteiger partial charge >= 0.3 is 6.18 Å². The lowest BCUT2D eigenvalue weighted by Crippen LogP contribution is -2.23. The van der Waals surface area contributed by atoms with Gasteiger partial charge in [-0.05, 0) is 12.8 Å². The molecule has 0 aromatic heterocycles. The average Bonchev–Trinajstić information content (AvgIpc) is 2.86. The number of halogens is 4. The van der Waals surface area contributed by atoms with Gasteiger partial charge in [-0.15, -0.1) is 0 Å². The molecule has 0 unspecified atom stereocenters. The number of rotatable bonds is 2. The van der Waals surface area contributed by atoms with Crippen molar-refractivity contribution in [3.05, 3.63) is 10.7 Å². The first-order valence-electron chi connectivity index (χ1n) is 4.07. The molecular formula is C8H10ClF3N2. The van der Waals surface area contributed by atoms with Crippen LogP contribution in [0, 0.1) is 5.92 Å². The van der Waals surface area contributed by atoms with Crippen molar-refractivity contribution < 1.29 is 13.2 Å². The smallest absolute Gasteiger partial charge is 0.393 e. The molecule has 2 nitrogen and oxygen atoms in total. The first-order chi connectivity index (χ1) is 6.38. The maximum atomic E-state index is 12.2. The number of allylic oxidation sites excluding steroid dienone is 2. The topological polar surface area (TPSA) is 38.4 Å². The molecule has 1 fully saturated rings. The van der Waals surface area contributed by atoms with E-state index in [1.54, 1.807) is 0 Å². The third-order valence-corrected chi connectivity index (χ3v) is 2.37. The van der Waals surface area contributed by atoms with Gasteiger partial charge in [-0.2, -0.15) is 13.2 Å². The molecule has 0 aromatic carbocycles. The van der Waals surface area contributed by atoms with Gasteiger partial charge in [-0.1, -0.05) is 11.6 Å². The summed E-state index contributed by atoms with van der Waals surface area (Å²) in [5.41, 5.74) is 3.89. The SMILES string of the molecule is CN=C(C(Cl)=C(N)C(F)(F)F)C1CC1. The van der Waals surface area contributed by atoms with Gasteiger partial charge in [-0.25, -0.2) is 0 Å². The fraction of sp³-hybridized carbons (Fsp3) is 0.625. The zero-order valence-corrected chi connectivity index (χ0v) is 8.28. The summed E-state index contributed by atoms with van der Waals surface area (Å²) in [4.78, 5) is 3.73. The molecule has 0 aliphatic heterocycles. The molecule has 0 aromatic rings. The Labute approximate surface area is 84.6 Å². The van der Waals surface area contributed by atoms with Crippen LogP contribution < -0.4 is 5.73 Å². The summed E-state index contributed by atoms with van der Waals surface area (Å²) in [6, 6.07) is 0. The van der Waals surface area contributed by atoms with Crippen LogP contribution in [0.2, 0.25) is 0 Å². The lowest BCUT2D eigenvalue weighted by Gasteiger charge is -2.10. The number of alkyl halides is 3. The van der Waals surface area contributed by atoms with Crippen molar-refractivity contribution in [3.63, 3.8) is 0 Å². The molecule has 0 spiro atoms. The minimum Gasteiger partial charge on any atom is -0.393 e. The van der Waals surface area contributed by atoms with Gasteiger partial charge in [0.25, 0.3) is 0 Å². The summed E-state index contributed by atoms with van der Waals surface area (Å²) in [6.07, 6.45) is -2.93. The molecule has 0 heterocycles. The maximum Gasteiger partial charge on any atom is 0.432 e. The first-order valence-corrected chi connectivity index (χ1v) is 4.45. The molecule has 1 rings (SSSR count). The van der Waals surface area contributed by atoms with Crippen molar-refractivity contribution >= 4 is 17.3 Å². The molecule has 2 N–H and O–H groups in total. The summed E-state index contributed by atoms with van der Waals surface area (Å²) >= 11 is 5.52. The second-order valence-corrected chi connectivity index (χ2v) is 3.49. The summed E-state index contributed by atoms with van der Waals surface area (Å²) in [6.45, 7) is 0. The van der Waals surface area contributed by atoms with Crippen LogP contribution in [0.4, 0.5) is 13.2 Å². The summed E-state index contributed by atoms with van der Waals surface area (Å²) in [5, 5.41) is -0.456. The summed E-state index contributed by atoms with van der Waals surface area (Å²) in [5.74, 6) is 0.0494. The number of hydrogen-bond acceptors (Lipinski definition) is 2. The number of hydrogen-bond donors (Lipinski definition) is 1. The molecule has 6 heteroatoms. The Bertz CT molecular complexity index is 289. The van der Waals surface area contributed by atoms with E-state index in [4.69, 9.17) is 17.3 Å². The largest absolute Gasteiger partial charge is 0.432 e. The molecule has 0 bridgehead atoms. The fourth-order valence-electron chi connectivity index (χ4n) is 1.08. The van der Waals surface area contributed by atoms with E-state index in [1.807, 2.05) is 0 Å². The number of aliphatic imine (C=N–C) groups is 1. The van der Waals surface area contributed by atoms with Crippen molar-refractivity contribution in [1.82, 2.24) is 0 Å². The molecule has 0 amide bonds. The highest BCUT2D eigenvalue weighted by atomic mass is 35.5. The van der Waals surface area contributed by atoms with Gasteiger partial charge in [0, 0.05) is 13.0 Å². The fourth-order valence-corrected chi connectivity index (χ4v) is 1.43. The second-order valence-electron chi connectivity index (χ2n) is 3.11. The molecule has 0 radical (unpaired) electrons. The molecule has 1 aliphatic rings. The van der Waals surface area contributed by atoms with Crippen molar-refractivity contribution in [1.29, 1.82) is 0 Å².